The molecule has 0 aromatic heterocycles. The molecule has 0 spiro atoms. The standard InChI is InChI=1S/C11H22O3/c12-10-8-6-4-2-1-3-5-7-9-11(13)14/h9,12-14H,1-8,10H2. The zero-order valence-electron chi connectivity index (χ0n) is 8.78. The fourth-order valence-electron chi connectivity index (χ4n) is 1.37. The summed E-state index contributed by atoms with van der Waals surface area (Å²) >= 11 is 0. The average Bonchev–Trinajstić information content (AvgIpc) is 2.15. The van der Waals surface area contributed by atoms with Gasteiger partial charge < -0.3 is 15.3 Å². The molecule has 0 atom stereocenters. The Morgan fingerprint density at radius 1 is 0.786 bits per heavy atom. The first-order chi connectivity index (χ1) is 6.77. The summed E-state index contributed by atoms with van der Waals surface area (Å²) in [5.74, 6) is -0.562. The van der Waals surface area contributed by atoms with Crippen LogP contribution in [0.3, 0.4) is 0 Å². The Kier molecular flexibility index (Phi) is 9.86. The molecule has 0 aliphatic rings. The van der Waals surface area contributed by atoms with Crippen LogP contribution in [0, 0.1) is 0 Å². The Bertz CT molecular complexity index is 139. The molecule has 0 aromatic rings. The van der Waals surface area contributed by atoms with Crippen LogP contribution >= 0.6 is 0 Å². The van der Waals surface area contributed by atoms with Crippen molar-refractivity contribution in [2.45, 2.75) is 51.4 Å². The van der Waals surface area contributed by atoms with Crippen LogP contribution in [0.1, 0.15) is 51.4 Å². The zero-order valence-corrected chi connectivity index (χ0v) is 8.78. The van der Waals surface area contributed by atoms with Crippen molar-refractivity contribution in [3.63, 3.8) is 0 Å². The van der Waals surface area contributed by atoms with Crippen molar-refractivity contribution in [2.24, 2.45) is 0 Å². The maximum absolute atomic E-state index is 8.54. The molecule has 14 heavy (non-hydrogen) atoms. The lowest BCUT2D eigenvalue weighted by molar-refractivity contribution is 0.189. The molecule has 0 heterocycles. The van der Waals surface area contributed by atoms with Gasteiger partial charge in [-0.3, -0.25) is 0 Å². The quantitative estimate of drug-likeness (QED) is 0.398. The highest BCUT2D eigenvalue weighted by Gasteiger charge is 1.91. The molecule has 0 aromatic carbocycles. The van der Waals surface area contributed by atoms with Gasteiger partial charge in [0, 0.05) is 6.61 Å². The molecular weight excluding hydrogens is 180 g/mol. The van der Waals surface area contributed by atoms with Crippen LogP contribution in [0.2, 0.25) is 0 Å². The van der Waals surface area contributed by atoms with Crippen LogP contribution in [0.25, 0.3) is 0 Å². The predicted octanol–water partition coefficient (Wildman–Crippen LogP) is 3.06. The lowest BCUT2D eigenvalue weighted by Gasteiger charge is -1.99. The van der Waals surface area contributed by atoms with E-state index < -0.39 is 5.95 Å². The monoisotopic (exact) mass is 202 g/mol. The molecule has 0 amide bonds. The maximum atomic E-state index is 8.54. The fraction of sp³-hybridized carbons (Fsp3) is 0.818. The van der Waals surface area contributed by atoms with Crippen molar-refractivity contribution in [3.8, 4) is 0 Å². The van der Waals surface area contributed by atoms with Gasteiger partial charge in [0.15, 0.2) is 0 Å². The van der Waals surface area contributed by atoms with Gasteiger partial charge in [0.05, 0.1) is 0 Å². The summed E-state index contributed by atoms with van der Waals surface area (Å²) in [6.45, 7) is 0.306. The Morgan fingerprint density at radius 2 is 1.29 bits per heavy atom. The van der Waals surface area contributed by atoms with E-state index in [4.69, 9.17) is 15.3 Å². The number of allylic oxidation sites excluding steroid dienone is 1. The van der Waals surface area contributed by atoms with E-state index in [1.54, 1.807) is 0 Å². The van der Waals surface area contributed by atoms with Gasteiger partial charge in [-0.25, -0.2) is 0 Å². The molecule has 3 N–H and O–H groups in total. The molecule has 0 rings (SSSR count). The lowest BCUT2D eigenvalue weighted by Crippen LogP contribution is -1.84. The van der Waals surface area contributed by atoms with Gasteiger partial charge in [-0.05, 0) is 25.3 Å². The van der Waals surface area contributed by atoms with E-state index in [1.807, 2.05) is 0 Å². The zero-order chi connectivity index (χ0) is 10.6. The van der Waals surface area contributed by atoms with Crippen LogP contribution in [-0.4, -0.2) is 21.9 Å². The first-order valence-electron chi connectivity index (χ1n) is 5.46. The molecule has 0 unspecified atom stereocenters. The minimum Gasteiger partial charge on any atom is -0.481 e. The number of aliphatic hydroxyl groups excluding tert-OH is 2. The van der Waals surface area contributed by atoms with E-state index in [1.165, 1.54) is 25.3 Å². The molecule has 3 nitrogen and oxygen atoms in total. The highest BCUT2D eigenvalue weighted by Crippen LogP contribution is 2.08. The van der Waals surface area contributed by atoms with E-state index >= 15 is 0 Å². The maximum Gasteiger partial charge on any atom is 0.269 e. The number of unbranched alkanes of at least 4 members (excludes halogenated alkanes) is 7. The summed E-state index contributed by atoms with van der Waals surface area (Å²) in [5, 5.41) is 25.4. The summed E-state index contributed by atoms with van der Waals surface area (Å²) in [4.78, 5) is 0. The summed E-state index contributed by atoms with van der Waals surface area (Å²) in [6.07, 6.45) is 10.00. The summed E-state index contributed by atoms with van der Waals surface area (Å²) < 4.78 is 0. The largest absolute Gasteiger partial charge is 0.481 e. The van der Waals surface area contributed by atoms with Gasteiger partial charge in [-0.1, -0.05) is 32.1 Å². The Morgan fingerprint density at radius 3 is 1.79 bits per heavy atom. The van der Waals surface area contributed by atoms with Crippen LogP contribution in [0.5, 0.6) is 0 Å². The summed E-state index contributed by atoms with van der Waals surface area (Å²) in [5.41, 5.74) is 0. The van der Waals surface area contributed by atoms with Crippen molar-refractivity contribution in [3.05, 3.63) is 12.0 Å². The van der Waals surface area contributed by atoms with E-state index in [2.05, 4.69) is 0 Å². The van der Waals surface area contributed by atoms with Crippen LogP contribution in [0.4, 0.5) is 0 Å². The number of rotatable bonds is 9. The topological polar surface area (TPSA) is 60.7 Å². The van der Waals surface area contributed by atoms with Crippen molar-refractivity contribution in [1.82, 2.24) is 0 Å². The van der Waals surface area contributed by atoms with E-state index in [9.17, 15) is 0 Å². The smallest absolute Gasteiger partial charge is 0.269 e. The molecule has 0 saturated carbocycles. The number of hydrogen-bond donors (Lipinski definition) is 3. The lowest BCUT2D eigenvalue weighted by atomic mass is 10.1. The van der Waals surface area contributed by atoms with Crippen molar-refractivity contribution < 1.29 is 15.3 Å². The van der Waals surface area contributed by atoms with Crippen molar-refractivity contribution in [2.75, 3.05) is 6.61 Å². The first-order valence-corrected chi connectivity index (χ1v) is 5.46. The third-order valence-electron chi connectivity index (χ3n) is 2.19. The molecule has 0 saturated heterocycles. The molecule has 84 valence electrons. The normalized spacial score (nSPS) is 10.1. The highest BCUT2D eigenvalue weighted by molar-refractivity contribution is 4.78. The predicted molar refractivity (Wildman–Crippen MR) is 57.4 cm³/mol. The minimum atomic E-state index is -0.562. The third-order valence-corrected chi connectivity index (χ3v) is 2.19. The van der Waals surface area contributed by atoms with E-state index in [0.29, 0.717) is 6.61 Å². The highest BCUT2D eigenvalue weighted by atomic mass is 16.5. The molecule has 0 bridgehead atoms. The SMILES string of the molecule is OCCCCCCCCCC=C(O)O. The first kappa shape index (κ1) is 13.3. The molecule has 0 aliphatic heterocycles. The minimum absolute atomic E-state index is 0.306. The fourth-order valence-corrected chi connectivity index (χ4v) is 1.37. The second-order valence-electron chi connectivity index (χ2n) is 3.55. The van der Waals surface area contributed by atoms with Gasteiger partial charge in [0.25, 0.3) is 5.95 Å². The molecule has 0 fully saturated rings. The van der Waals surface area contributed by atoms with E-state index in [0.717, 1.165) is 32.1 Å². The Hall–Kier alpha value is -0.700. The number of hydrogen-bond acceptors (Lipinski definition) is 3. The van der Waals surface area contributed by atoms with Gasteiger partial charge >= 0.3 is 0 Å². The second-order valence-corrected chi connectivity index (χ2v) is 3.55. The van der Waals surface area contributed by atoms with Crippen LogP contribution < -0.4 is 0 Å². The van der Waals surface area contributed by atoms with Crippen molar-refractivity contribution >= 4 is 0 Å². The Balaban J connectivity index is 2.96. The molecule has 0 radical (unpaired) electrons. The van der Waals surface area contributed by atoms with Gasteiger partial charge in [-0.15, -0.1) is 0 Å². The number of aliphatic hydroxyl groups is 3. The van der Waals surface area contributed by atoms with E-state index in [-0.39, 0.29) is 0 Å². The van der Waals surface area contributed by atoms with Crippen molar-refractivity contribution in [1.29, 1.82) is 0 Å². The van der Waals surface area contributed by atoms with Crippen LogP contribution in [0.15, 0.2) is 12.0 Å². The Labute approximate surface area is 86.1 Å². The molecular formula is C11H22O3. The second kappa shape index (κ2) is 10.4. The van der Waals surface area contributed by atoms with Gasteiger partial charge in [0.2, 0.25) is 0 Å². The molecule has 3 heteroatoms. The van der Waals surface area contributed by atoms with Gasteiger partial charge in [0.1, 0.15) is 0 Å². The van der Waals surface area contributed by atoms with Gasteiger partial charge in [-0.2, -0.15) is 0 Å². The van der Waals surface area contributed by atoms with Crippen LogP contribution in [-0.2, 0) is 0 Å². The summed E-state index contributed by atoms with van der Waals surface area (Å²) in [7, 11) is 0. The average molecular weight is 202 g/mol. The molecule has 0 aliphatic carbocycles. The third kappa shape index (κ3) is 11.3. The summed E-state index contributed by atoms with van der Waals surface area (Å²) in [6, 6.07) is 0.